The Morgan fingerprint density at radius 1 is 1.56 bits per heavy atom. The first-order valence-electron chi connectivity index (χ1n) is 6.01. The van der Waals surface area contributed by atoms with Crippen LogP contribution in [0.25, 0.3) is 0 Å². The van der Waals surface area contributed by atoms with Crippen LogP contribution < -0.4 is 10.2 Å². The summed E-state index contributed by atoms with van der Waals surface area (Å²) in [5, 5.41) is 12.3. The van der Waals surface area contributed by atoms with Crippen molar-refractivity contribution in [3.63, 3.8) is 0 Å². The molecule has 0 saturated carbocycles. The molecule has 1 aliphatic heterocycles. The van der Waals surface area contributed by atoms with Crippen molar-refractivity contribution < 1.29 is 4.39 Å². The number of hydrogen-bond acceptors (Lipinski definition) is 3. The lowest BCUT2D eigenvalue weighted by molar-refractivity contribution is 0.595. The van der Waals surface area contributed by atoms with Crippen molar-refractivity contribution in [1.82, 2.24) is 5.32 Å². The molecule has 1 atom stereocenters. The van der Waals surface area contributed by atoms with Crippen LogP contribution in [0.15, 0.2) is 18.2 Å². The number of halogens is 2. The van der Waals surface area contributed by atoms with Gasteiger partial charge in [0, 0.05) is 18.8 Å². The number of nitriles is 1. The van der Waals surface area contributed by atoms with Crippen molar-refractivity contribution in [2.24, 2.45) is 0 Å². The van der Waals surface area contributed by atoms with Crippen LogP contribution in [0.2, 0.25) is 5.02 Å². The van der Waals surface area contributed by atoms with E-state index in [2.05, 4.69) is 16.3 Å². The highest BCUT2D eigenvalue weighted by Gasteiger charge is 2.21. The first kappa shape index (κ1) is 13.1. The smallest absolute Gasteiger partial charge is 0.141 e. The Morgan fingerprint density at radius 3 is 3.11 bits per heavy atom. The zero-order valence-corrected chi connectivity index (χ0v) is 10.8. The molecule has 0 spiro atoms. The molecule has 1 fully saturated rings. The fraction of sp³-hybridized carbons (Fsp3) is 0.462. The molecule has 5 heteroatoms. The lowest BCUT2D eigenvalue weighted by atomic mass is 10.1. The van der Waals surface area contributed by atoms with Gasteiger partial charge in [-0.25, -0.2) is 4.39 Å². The molecule has 0 amide bonds. The fourth-order valence-corrected chi connectivity index (χ4v) is 2.40. The van der Waals surface area contributed by atoms with Crippen molar-refractivity contribution in [2.75, 3.05) is 24.5 Å². The lowest BCUT2D eigenvalue weighted by Gasteiger charge is -2.30. The zero-order valence-electron chi connectivity index (χ0n) is 10.00. The number of nitrogens with zero attached hydrogens (tertiary/aromatic N) is 2. The van der Waals surface area contributed by atoms with Crippen LogP contribution in [0, 0.1) is 17.1 Å². The van der Waals surface area contributed by atoms with Gasteiger partial charge < -0.3 is 10.2 Å². The van der Waals surface area contributed by atoms with Crippen LogP contribution in [0.3, 0.4) is 0 Å². The molecule has 0 bridgehead atoms. The second kappa shape index (κ2) is 6.03. The Kier molecular flexibility index (Phi) is 4.40. The van der Waals surface area contributed by atoms with E-state index in [-0.39, 0.29) is 11.1 Å². The van der Waals surface area contributed by atoms with Crippen LogP contribution >= 0.6 is 11.6 Å². The minimum Gasteiger partial charge on any atom is -0.366 e. The largest absolute Gasteiger partial charge is 0.366 e. The van der Waals surface area contributed by atoms with Crippen molar-refractivity contribution in [3.05, 3.63) is 29.0 Å². The summed E-state index contributed by atoms with van der Waals surface area (Å²) in [4.78, 5) is 2.13. The average molecular weight is 268 g/mol. The van der Waals surface area contributed by atoms with Gasteiger partial charge in [0.05, 0.1) is 23.6 Å². The van der Waals surface area contributed by atoms with Crippen LogP contribution in [-0.4, -0.2) is 25.7 Å². The van der Waals surface area contributed by atoms with E-state index in [1.54, 1.807) is 12.1 Å². The lowest BCUT2D eigenvalue weighted by Crippen LogP contribution is -2.39. The minimum atomic E-state index is -0.412. The second-order valence-electron chi connectivity index (χ2n) is 4.37. The van der Waals surface area contributed by atoms with E-state index in [9.17, 15) is 4.39 Å². The summed E-state index contributed by atoms with van der Waals surface area (Å²) in [6.07, 6.45) is 1.44. The minimum absolute atomic E-state index is 0.110. The molecule has 1 saturated heterocycles. The van der Waals surface area contributed by atoms with E-state index in [4.69, 9.17) is 16.9 Å². The third-order valence-electron chi connectivity index (χ3n) is 3.14. The molecular formula is C13H15ClFN3. The zero-order chi connectivity index (χ0) is 13.0. The van der Waals surface area contributed by atoms with E-state index in [0.29, 0.717) is 6.42 Å². The summed E-state index contributed by atoms with van der Waals surface area (Å²) in [5.74, 6) is -0.412. The summed E-state index contributed by atoms with van der Waals surface area (Å²) in [5.41, 5.74) is 0.880. The van der Waals surface area contributed by atoms with Crippen molar-refractivity contribution >= 4 is 17.3 Å². The molecule has 1 aromatic rings. The summed E-state index contributed by atoms with van der Waals surface area (Å²) in [6, 6.07) is 7.04. The van der Waals surface area contributed by atoms with E-state index in [1.165, 1.54) is 6.07 Å². The summed E-state index contributed by atoms with van der Waals surface area (Å²) >= 11 is 5.82. The predicted octanol–water partition coefficient (Wildman–Crippen LogP) is 2.56. The van der Waals surface area contributed by atoms with Gasteiger partial charge in [0.1, 0.15) is 5.82 Å². The van der Waals surface area contributed by atoms with Gasteiger partial charge in [0.15, 0.2) is 0 Å². The van der Waals surface area contributed by atoms with Gasteiger partial charge in [-0.2, -0.15) is 5.26 Å². The van der Waals surface area contributed by atoms with Gasteiger partial charge in [-0.1, -0.05) is 11.6 Å². The SMILES string of the molecule is N#CCC1CNCCCN1c1ccc(F)c(Cl)c1. The van der Waals surface area contributed by atoms with Crippen LogP contribution in [-0.2, 0) is 0 Å². The number of hydrogen-bond donors (Lipinski definition) is 1. The highest BCUT2D eigenvalue weighted by molar-refractivity contribution is 6.31. The Hall–Kier alpha value is -1.31. The molecule has 18 heavy (non-hydrogen) atoms. The topological polar surface area (TPSA) is 39.1 Å². The standard InChI is InChI=1S/C13H15ClFN3/c14-12-8-10(2-3-13(12)15)18-7-1-6-17-9-11(18)4-5-16/h2-3,8,11,17H,1,4,6-7,9H2. The molecule has 0 aromatic heterocycles. The number of benzene rings is 1. The molecule has 0 aliphatic carbocycles. The Bertz CT molecular complexity index is 458. The van der Waals surface area contributed by atoms with Crippen molar-refractivity contribution in [3.8, 4) is 6.07 Å². The Morgan fingerprint density at radius 2 is 2.39 bits per heavy atom. The highest BCUT2D eigenvalue weighted by Crippen LogP contribution is 2.25. The van der Waals surface area contributed by atoms with Crippen molar-refractivity contribution in [1.29, 1.82) is 5.26 Å². The fourth-order valence-electron chi connectivity index (χ4n) is 2.23. The molecule has 1 aromatic carbocycles. The first-order chi connectivity index (χ1) is 8.72. The van der Waals surface area contributed by atoms with Gasteiger partial charge in [0.2, 0.25) is 0 Å². The molecule has 1 N–H and O–H groups in total. The van der Waals surface area contributed by atoms with Crippen LogP contribution in [0.1, 0.15) is 12.8 Å². The molecule has 1 aliphatic rings. The number of anilines is 1. The van der Waals surface area contributed by atoms with Gasteiger partial charge in [0.25, 0.3) is 0 Å². The van der Waals surface area contributed by atoms with E-state index >= 15 is 0 Å². The third-order valence-corrected chi connectivity index (χ3v) is 3.42. The monoisotopic (exact) mass is 267 g/mol. The molecule has 3 nitrogen and oxygen atoms in total. The van der Waals surface area contributed by atoms with Crippen LogP contribution in [0.4, 0.5) is 10.1 Å². The summed E-state index contributed by atoms with van der Waals surface area (Å²) in [6.45, 7) is 2.55. The number of rotatable bonds is 2. The van der Waals surface area contributed by atoms with Gasteiger partial charge in [-0.05, 0) is 31.2 Å². The van der Waals surface area contributed by atoms with E-state index in [1.807, 2.05) is 0 Å². The van der Waals surface area contributed by atoms with E-state index in [0.717, 1.165) is 31.7 Å². The molecule has 2 rings (SSSR count). The molecule has 1 heterocycles. The summed E-state index contributed by atoms with van der Waals surface area (Å²) < 4.78 is 13.2. The van der Waals surface area contributed by atoms with Gasteiger partial charge >= 0.3 is 0 Å². The second-order valence-corrected chi connectivity index (χ2v) is 4.77. The molecule has 0 radical (unpaired) electrons. The Balaban J connectivity index is 2.26. The van der Waals surface area contributed by atoms with Gasteiger partial charge in [-0.15, -0.1) is 0 Å². The van der Waals surface area contributed by atoms with Crippen molar-refractivity contribution in [2.45, 2.75) is 18.9 Å². The first-order valence-corrected chi connectivity index (χ1v) is 6.39. The maximum Gasteiger partial charge on any atom is 0.141 e. The Labute approximate surface area is 111 Å². The quantitative estimate of drug-likeness (QED) is 0.895. The maximum atomic E-state index is 13.2. The molecule has 96 valence electrons. The molecular weight excluding hydrogens is 253 g/mol. The van der Waals surface area contributed by atoms with E-state index < -0.39 is 5.82 Å². The maximum absolute atomic E-state index is 13.2. The summed E-state index contributed by atoms with van der Waals surface area (Å²) in [7, 11) is 0. The predicted molar refractivity (Wildman–Crippen MR) is 70.3 cm³/mol. The van der Waals surface area contributed by atoms with Crippen LogP contribution in [0.5, 0.6) is 0 Å². The third kappa shape index (κ3) is 2.92. The number of nitrogens with one attached hydrogen (secondary N) is 1. The van der Waals surface area contributed by atoms with Gasteiger partial charge in [-0.3, -0.25) is 0 Å². The average Bonchev–Trinajstić information content (AvgIpc) is 2.59. The normalized spacial score (nSPS) is 20.3. The highest BCUT2D eigenvalue weighted by atomic mass is 35.5. The molecule has 1 unspecified atom stereocenters.